The maximum Gasteiger partial charge on any atom is 0.251 e. The minimum Gasteiger partial charge on any atom is -0.305 e. The Kier molecular flexibility index (Phi) is 6.40. The lowest BCUT2D eigenvalue weighted by molar-refractivity contribution is -0.121. The van der Waals surface area contributed by atoms with Crippen LogP contribution in [0.5, 0.6) is 0 Å². The van der Waals surface area contributed by atoms with Gasteiger partial charge in [-0.2, -0.15) is 0 Å². The van der Waals surface area contributed by atoms with Crippen LogP contribution in [0.3, 0.4) is 0 Å². The molecule has 4 nitrogen and oxygen atoms in total. The summed E-state index contributed by atoms with van der Waals surface area (Å²) >= 11 is 5.93. The van der Waals surface area contributed by atoms with E-state index in [4.69, 9.17) is 11.6 Å². The number of halogens is 1. The monoisotopic (exact) mass is 322 g/mol. The van der Waals surface area contributed by atoms with Gasteiger partial charge in [-0.1, -0.05) is 50.3 Å². The van der Waals surface area contributed by atoms with Crippen LogP contribution in [0.15, 0.2) is 24.3 Å². The smallest absolute Gasteiger partial charge is 0.251 e. The molecule has 0 unspecified atom stereocenters. The number of benzene rings is 1. The first-order valence-electron chi connectivity index (χ1n) is 7.99. The molecule has 1 aromatic rings. The van der Waals surface area contributed by atoms with Gasteiger partial charge in [-0.3, -0.25) is 9.59 Å². The number of nitrogens with one attached hydrogen (secondary N) is 1. The van der Waals surface area contributed by atoms with Crippen molar-refractivity contribution >= 4 is 29.1 Å². The molecule has 2 amide bonds. The third-order valence-corrected chi connectivity index (χ3v) is 4.12. The van der Waals surface area contributed by atoms with Crippen molar-refractivity contribution in [3.63, 3.8) is 0 Å². The molecule has 5 heteroatoms. The third kappa shape index (κ3) is 4.31. The van der Waals surface area contributed by atoms with Gasteiger partial charge in [0, 0.05) is 5.02 Å². The number of anilines is 1. The van der Waals surface area contributed by atoms with E-state index in [2.05, 4.69) is 12.2 Å². The van der Waals surface area contributed by atoms with Crippen LogP contribution in [-0.4, -0.2) is 24.4 Å². The Morgan fingerprint density at radius 2 is 2.00 bits per heavy atom. The molecule has 0 radical (unpaired) electrons. The van der Waals surface area contributed by atoms with E-state index >= 15 is 0 Å². The molecule has 120 valence electrons. The van der Waals surface area contributed by atoms with E-state index in [0.717, 1.165) is 19.4 Å². The minimum atomic E-state index is -0.405. The van der Waals surface area contributed by atoms with Crippen LogP contribution in [0.1, 0.15) is 45.4 Å². The normalized spacial score (nSPS) is 18.3. The highest BCUT2D eigenvalue weighted by molar-refractivity contribution is 6.31. The first-order valence-corrected chi connectivity index (χ1v) is 8.37. The molecule has 1 aliphatic heterocycles. The molecule has 0 aromatic heterocycles. The summed E-state index contributed by atoms with van der Waals surface area (Å²) in [6.07, 6.45) is 6.12. The van der Waals surface area contributed by atoms with Gasteiger partial charge in [0.15, 0.2) is 0 Å². The van der Waals surface area contributed by atoms with Gasteiger partial charge in [0.25, 0.3) is 5.91 Å². The summed E-state index contributed by atoms with van der Waals surface area (Å²) in [4.78, 5) is 25.7. The molecule has 22 heavy (non-hydrogen) atoms. The predicted octanol–water partition coefficient (Wildman–Crippen LogP) is 3.53. The average molecular weight is 323 g/mol. The Balaban J connectivity index is 1.86. The number of imide groups is 1. The van der Waals surface area contributed by atoms with Crippen molar-refractivity contribution in [1.82, 2.24) is 5.32 Å². The molecule has 1 fully saturated rings. The summed E-state index contributed by atoms with van der Waals surface area (Å²) in [5, 5.41) is 3.73. The molecule has 2 rings (SSSR count). The van der Waals surface area contributed by atoms with Gasteiger partial charge in [-0.25, -0.2) is 4.90 Å². The molecule has 1 saturated heterocycles. The van der Waals surface area contributed by atoms with Gasteiger partial charge >= 0.3 is 0 Å². The fraction of sp³-hybridized carbons (Fsp3) is 0.529. The molecule has 1 heterocycles. The highest BCUT2D eigenvalue weighted by Gasteiger charge is 2.39. The maximum atomic E-state index is 12.4. The molecule has 1 aliphatic rings. The third-order valence-electron chi connectivity index (χ3n) is 3.88. The van der Waals surface area contributed by atoms with Crippen molar-refractivity contribution in [3.05, 3.63) is 29.3 Å². The number of nitrogens with zero attached hydrogens (tertiary/aromatic N) is 1. The highest BCUT2D eigenvalue weighted by atomic mass is 35.5. The lowest BCUT2D eigenvalue weighted by Crippen LogP contribution is -2.39. The first-order chi connectivity index (χ1) is 10.6. The van der Waals surface area contributed by atoms with Crippen molar-refractivity contribution in [3.8, 4) is 0 Å². The van der Waals surface area contributed by atoms with E-state index in [-0.39, 0.29) is 18.2 Å². The predicted molar refractivity (Wildman–Crippen MR) is 89.1 cm³/mol. The summed E-state index contributed by atoms with van der Waals surface area (Å²) in [5.41, 5.74) is 0.551. The molecule has 0 spiro atoms. The van der Waals surface area contributed by atoms with Gasteiger partial charge in [0.1, 0.15) is 0 Å². The second-order valence-corrected chi connectivity index (χ2v) is 6.11. The first kappa shape index (κ1) is 17.0. The average Bonchev–Trinajstić information content (AvgIpc) is 2.77. The molecule has 0 saturated carbocycles. The lowest BCUT2D eigenvalue weighted by atomic mass is 10.1. The largest absolute Gasteiger partial charge is 0.305 e. The van der Waals surface area contributed by atoms with Crippen molar-refractivity contribution in [1.29, 1.82) is 0 Å². The van der Waals surface area contributed by atoms with Crippen molar-refractivity contribution < 1.29 is 9.59 Å². The van der Waals surface area contributed by atoms with Gasteiger partial charge in [-0.05, 0) is 31.2 Å². The highest BCUT2D eigenvalue weighted by Crippen LogP contribution is 2.25. The van der Waals surface area contributed by atoms with E-state index in [1.807, 2.05) is 0 Å². The van der Waals surface area contributed by atoms with Gasteiger partial charge in [-0.15, -0.1) is 0 Å². The fourth-order valence-electron chi connectivity index (χ4n) is 2.68. The van der Waals surface area contributed by atoms with Crippen molar-refractivity contribution in [2.75, 3.05) is 11.4 Å². The van der Waals surface area contributed by atoms with E-state index in [0.29, 0.717) is 10.7 Å². The zero-order valence-electron chi connectivity index (χ0n) is 13.0. The van der Waals surface area contributed by atoms with Crippen LogP contribution in [-0.2, 0) is 9.59 Å². The van der Waals surface area contributed by atoms with E-state index in [1.165, 1.54) is 24.2 Å². The van der Waals surface area contributed by atoms with E-state index < -0.39 is 6.04 Å². The van der Waals surface area contributed by atoms with Crippen LogP contribution < -0.4 is 10.2 Å². The summed E-state index contributed by atoms with van der Waals surface area (Å²) in [6.45, 7) is 2.96. The van der Waals surface area contributed by atoms with Crippen LogP contribution in [0.25, 0.3) is 0 Å². The molecule has 0 aliphatic carbocycles. The van der Waals surface area contributed by atoms with Crippen LogP contribution in [0.2, 0.25) is 5.02 Å². The van der Waals surface area contributed by atoms with Crippen LogP contribution >= 0.6 is 11.6 Å². The Bertz CT molecular complexity index is 533. The summed E-state index contributed by atoms with van der Waals surface area (Å²) in [5.74, 6) is -0.350. The lowest BCUT2D eigenvalue weighted by Gasteiger charge is -2.15. The Hall–Kier alpha value is -1.39. The molecule has 1 N–H and O–H groups in total. The molecule has 1 aromatic carbocycles. The number of carbonyl (C=O) groups is 2. The maximum absolute atomic E-state index is 12.4. The van der Waals surface area contributed by atoms with Gasteiger partial charge in [0.2, 0.25) is 5.91 Å². The molecular weight excluding hydrogens is 300 g/mol. The zero-order chi connectivity index (χ0) is 15.9. The number of hydrogen-bond donors (Lipinski definition) is 1. The van der Waals surface area contributed by atoms with E-state index in [9.17, 15) is 9.59 Å². The second-order valence-electron chi connectivity index (χ2n) is 5.67. The SMILES string of the molecule is CCCCCCCN[C@H]1CC(=O)N(c2cccc(Cl)c2)C1=O. The van der Waals surface area contributed by atoms with Crippen molar-refractivity contribution in [2.45, 2.75) is 51.5 Å². The zero-order valence-corrected chi connectivity index (χ0v) is 13.7. The summed E-state index contributed by atoms with van der Waals surface area (Å²) < 4.78 is 0. The molecule has 1 atom stereocenters. The Morgan fingerprint density at radius 1 is 1.23 bits per heavy atom. The van der Waals surface area contributed by atoms with E-state index in [1.54, 1.807) is 24.3 Å². The topological polar surface area (TPSA) is 49.4 Å². The van der Waals surface area contributed by atoms with Crippen LogP contribution in [0, 0.1) is 0 Å². The second kappa shape index (κ2) is 8.30. The number of hydrogen-bond acceptors (Lipinski definition) is 3. The minimum absolute atomic E-state index is 0.171. The number of unbranched alkanes of at least 4 members (excludes halogenated alkanes) is 4. The summed E-state index contributed by atoms with van der Waals surface area (Å²) in [6, 6.07) is 6.44. The molecular formula is C17H23ClN2O2. The Labute approximate surface area is 136 Å². The van der Waals surface area contributed by atoms with Crippen molar-refractivity contribution in [2.24, 2.45) is 0 Å². The standard InChI is InChI=1S/C17H23ClN2O2/c1-2-3-4-5-6-10-19-15-12-16(21)20(17(15)22)14-9-7-8-13(18)11-14/h7-9,11,15,19H,2-6,10,12H2,1H3/t15-/m0/s1. The number of rotatable bonds is 8. The Morgan fingerprint density at radius 3 is 2.73 bits per heavy atom. The number of carbonyl (C=O) groups excluding carboxylic acids is 2. The summed E-state index contributed by atoms with van der Waals surface area (Å²) in [7, 11) is 0. The van der Waals surface area contributed by atoms with Gasteiger partial charge < -0.3 is 5.32 Å². The van der Waals surface area contributed by atoms with Crippen LogP contribution in [0.4, 0.5) is 5.69 Å². The quantitative estimate of drug-likeness (QED) is 0.588. The molecule has 0 bridgehead atoms. The fourth-order valence-corrected chi connectivity index (χ4v) is 2.87. The number of amides is 2. The van der Waals surface area contributed by atoms with Gasteiger partial charge in [0.05, 0.1) is 18.2 Å².